The fourth-order valence-corrected chi connectivity index (χ4v) is 3.58. The molecule has 0 saturated carbocycles. The molecule has 5 nitrogen and oxygen atoms in total. The van der Waals surface area contributed by atoms with Crippen molar-refractivity contribution in [3.8, 4) is 0 Å². The van der Waals surface area contributed by atoms with Crippen LogP contribution in [0.3, 0.4) is 0 Å². The number of carbonyl (C=O) groups is 1. The minimum Gasteiger partial charge on any atom is -0.478 e. The first-order valence-electron chi connectivity index (χ1n) is 9.73. The number of nitrogens with one attached hydrogen (secondary N) is 1. The molecule has 2 N–H and O–H groups in total. The molecule has 1 heterocycles. The number of benzene rings is 2. The number of carboxylic acid groups (broad SMARTS) is 1. The number of aromatic carboxylic acids is 1. The molecule has 1 unspecified atom stereocenters. The Hall–Kier alpha value is -3.60. The molecular formula is C25H25NO4. The molecule has 3 aromatic rings. The van der Waals surface area contributed by atoms with Gasteiger partial charge in [0, 0.05) is 22.4 Å². The second-order valence-corrected chi connectivity index (χ2v) is 7.36. The van der Waals surface area contributed by atoms with Crippen LogP contribution in [0, 0.1) is 13.8 Å². The van der Waals surface area contributed by atoms with Crippen molar-refractivity contribution in [2.75, 3.05) is 5.32 Å². The molecule has 30 heavy (non-hydrogen) atoms. The minimum atomic E-state index is -1.01. The second-order valence-electron chi connectivity index (χ2n) is 7.36. The third-order valence-corrected chi connectivity index (χ3v) is 5.05. The molecule has 0 saturated heterocycles. The summed E-state index contributed by atoms with van der Waals surface area (Å²) in [5.41, 5.74) is 3.89. The van der Waals surface area contributed by atoms with Crippen LogP contribution < -0.4 is 10.7 Å². The van der Waals surface area contributed by atoms with Crippen molar-refractivity contribution in [2.45, 2.75) is 33.7 Å². The Morgan fingerprint density at radius 1 is 1.23 bits per heavy atom. The summed E-state index contributed by atoms with van der Waals surface area (Å²) in [4.78, 5) is 24.6. The van der Waals surface area contributed by atoms with E-state index in [1.807, 2.05) is 39.0 Å². The molecule has 0 amide bonds. The van der Waals surface area contributed by atoms with Crippen LogP contribution in [0.4, 0.5) is 5.69 Å². The van der Waals surface area contributed by atoms with Crippen molar-refractivity contribution in [3.05, 3.63) is 93.4 Å². The standard InChI is InChI=1S/C25H25NO4/c1-6-9-15(3)23-16(4)22(27)20-13-14(2)12-19(24(20)30-23)17(5)26-21-11-8-7-10-18(21)25(28)29/h6-13,17,26H,3H2,1-2,4-5H3,(H,28,29)/b9-6-. The topological polar surface area (TPSA) is 79.5 Å². The van der Waals surface area contributed by atoms with Gasteiger partial charge >= 0.3 is 5.97 Å². The average molecular weight is 403 g/mol. The molecule has 0 aliphatic rings. The van der Waals surface area contributed by atoms with Gasteiger partial charge in [-0.15, -0.1) is 0 Å². The molecule has 1 aromatic heterocycles. The van der Waals surface area contributed by atoms with Gasteiger partial charge in [-0.3, -0.25) is 4.79 Å². The number of hydrogen-bond donors (Lipinski definition) is 2. The van der Waals surface area contributed by atoms with E-state index in [1.54, 1.807) is 37.3 Å². The molecule has 0 spiro atoms. The van der Waals surface area contributed by atoms with Gasteiger partial charge in [0.25, 0.3) is 0 Å². The van der Waals surface area contributed by atoms with E-state index in [2.05, 4.69) is 11.9 Å². The van der Waals surface area contributed by atoms with Crippen molar-refractivity contribution >= 4 is 28.2 Å². The van der Waals surface area contributed by atoms with E-state index in [0.29, 0.717) is 33.6 Å². The summed E-state index contributed by atoms with van der Waals surface area (Å²) in [5, 5.41) is 13.2. The molecule has 1 atom stereocenters. The fourth-order valence-electron chi connectivity index (χ4n) is 3.58. The van der Waals surface area contributed by atoms with Crippen LogP contribution in [-0.4, -0.2) is 11.1 Å². The minimum absolute atomic E-state index is 0.0972. The zero-order valence-corrected chi connectivity index (χ0v) is 17.6. The number of allylic oxidation sites excluding steroid dienone is 3. The summed E-state index contributed by atoms with van der Waals surface area (Å²) in [7, 11) is 0. The van der Waals surface area contributed by atoms with Gasteiger partial charge in [0.1, 0.15) is 11.3 Å². The highest BCUT2D eigenvalue weighted by Crippen LogP contribution is 2.31. The summed E-state index contributed by atoms with van der Waals surface area (Å²) in [6.07, 6.45) is 3.64. The first-order valence-corrected chi connectivity index (χ1v) is 9.73. The smallest absolute Gasteiger partial charge is 0.337 e. The predicted molar refractivity (Wildman–Crippen MR) is 121 cm³/mol. The van der Waals surface area contributed by atoms with Gasteiger partial charge in [0.2, 0.25) is 0 Å². The van der Waals surface area contributed by atoms with Gasteiger partial charge in [-0.1, -0.05) is 36.9 Å². The van der Waals surface area contributed by atoms with Gasteiger partial charge in [0.05, 0.1) is 17.0 Å². The second kappa shape index (κ2) is 8.41. The SMILES string of the molecule is C=C(/C=C\C)c1oc2c(C(C)Nc3ccccc3C(=O)O)cc(C)cc2c(=O)c1C. The maximum absolute atomic E-state index is 13.1. The van der Waals surface area contributed by atoms with Crippen LogP contribution in [0.1, 0.15) is 52.7 Å². The van der Waals surface area contributed by atoms with Crippen molar-refractivity contribution < 1.29 is 14.3 Å². The zero-order chi connectivity index (χ0) is 22.0. The van der Waals surface area contributed by atoms with E-state index in [9.17, 15) is 14.7 Å². The first kappa shape index (κ1) is 21.1. The molecule has 2 aromatic carbocycles. The van der Waals surface area contributed by atoms with Crippen molar-refractivity contribution in [3.63, 3.8) is 0 Å². The molecule has 0 bridgehead atoms. The summed E-state index contributed by atoms with van der Waals surface area (Å²) < 4.78 is 6.20. The van der Waals surface area contributed by atoms with Gasteiger partial charge in [-0.2, -0.15) is 0 Å². The van der Waals surface area contributed by atoms with Crippen LogP contribution in [0.5, 0.6) is 0 Å². The van der Waals surface area contributed by atoms with E-state index in [4.69, 9.17) is 4.42 Å². The van der Waals surface area contributed by atoms with Gasteiger partial charge in [0.15, 0.2) is 5.43 Å². The lowest BCUT2D eigenvalue weighted by molar-refractivity contribution is 0.0698. The van der Waals surface area contributed by atoms with E-state index in [-0.39, 0.29) is 17.0 Å². The van der Waals surface area contributed by atoms with Crippen LogP contribution in [0.25, 0.3) is 16.5 Å². The summed E-state index contributed by atoms with van der Waals surface area (Å²) in [5.74, 6) is -0.555. The van der Waals surface area contributed by atoms with Gasteiger partial charge in [-0.05, 0) is 51.5 Å². The van der Waals surface area contributed by atoms with E-state index >= 15 is 0 Å². The van der Waals surface area contributed by atoms with Gasteiger partial charge in [-0.25, -0.2) is 4.79 Å². The lowest BCUT2D eigenvalue weighted by Gasteiger charge is -2.20. The molecule has 0 fully saturated rings. The van der Waals surface area contributed by atoms with Crippen LogP contribution >= 0.6 is 0 Å². The van der Waals surface area contributed by atoms with E-state index in [1.165, 1.54) is 0 Å². The first-order chi connectivity index (χ1) is 14.2. The number of aryl methyl sites for hydroxylation is 1. The maximum atomic E-state index is 13.1. The monoisotopic (exact) mass is 403 g/mol. The zero-order valence-electron chi connectivity index (χ0n) is 17.6. The highest BCUT2D eigenvalue weighted by molar-refractivity contribution is 5.94. The Morgan fingerprint density at radius 2 is 1.93 bits per heavy atom. The Kier molecular flexibility index (Phi) is 5.92. The number of carboxylic acids is 1. The Labute approximate surface area is 175 Å². The van der Waals surface area contributed by atoms with Crippen molar-refractivity contribution in [2.24, 2.45) is 0 Å². The number of fused-ring (bicyclic) bond motifs is 1. The fraction of sp³-hybridized carbons (Fsp3) is 0.200. The molecule has 0 aliphatic heterocycles. The predicted octanol–water partition coefficient (Wildman–Crippen LogP) is 5.87. The number of rotatable bonds is 6. The van der Waals surface area contributed by atoms with Crippen molar-refractivity contribution in [1.82, 2.24) is 0 Å². The number of para-hydroxylation sites is 1. The lowest BCUT2D eigenvalue weighted by atomic mass is 9.98. The number of hydrogen-bond acceptors (Lipinski definition) is 4. The van der Waals surface area contributed by atoms with Crippen molar-refractivity contribution in [1.29, 1.82) is 0 Å². The highest BCUT2D eigenvalue weighted by Gasteiger charge is 2.20. The Morgan fingerprint density at radius 3 is 2.60 bits per heavy atom. The summed E-state index contributed by atoms with van der Waals surface area (Å²) in [6.45, 7) is 11.5. The third-order valence-electron chi connectivity index (χ3n) is 5.05. The number of anilines is 1. The van der Waals surface area contributed by atoms with Crippen LogP contribution in [0.2, 0.25) is 0 Å². The summed E-state index contributed by atoms with van der Waals surface area (Å²) >= 11 is 0. The molecule has 0 radical (unpaired) electrons. The quantitative estimate of drug-likeness (QED) is 0.503. The molecule has 154 valence electrons. The van der Waals surface area contributed by atoms with Gasteiger partial charge < -0.3 is 14.8 Å². The maximum Gasteiger partial charge on any atom is 0.337 e. The lowest BCUT2D eigenvalue weighted by Crippen LogP contribution is -2.14. The normalized spacial score (nSPS) is 12.3. The molecule has 5 heteroatoms. The van der Waals surface area contributed by atoms with Crippen LogP contribution in [-0.2, 0) is 0 Å². The Balaban J connectivity index is 2.19. The van der Waals surface area contributed by atoms with E-state index in [0.717, 1.165) is 11.1 Å². The largest absolute Gasteiger partial charge is 0.478 e. The van der Waals surface area contributed by atoms with Crippen LogP contribution in [0.15, 0.2) is 64.3 Å². The Bertz CT molecular complexity index is 1230. The van der Waals surface area contributed by atoms with E-state index < -0.39 is 5.97 Å². The average Bonchev–Trinajstić information content (AvgIpc) is 2.70. The molecular weight excluding hydrogens is 378 g/mol. The summed E-state index contributed by atoms with van der Waals surface area (Å²) in [6, 6.07) is 10.2. The molecule has 0 aliphatic carbocycles. The highest BCUT2D eigenvalue weighted by atomic mass is 16.4. The molecule has 3 rings (SSSR count). The third kappa shape index (κ3) is 3.92.